The summed E-state index contributed by atoms with van der Waals surface area (Å²) in [5.74, 6) is 0.168. The Morgan fingerprint density at radius 1 is 1.07 bits per heavy atom. The van der Waals surface area contributed by atoms with Crippen LogP contribution in [0.2, 0.25) is 0 Å². The van der Waals surface area contributed by atoms with Gasteiger partial charge >= 0.3 is 0 Å². The van der Waals surface area contributed by atoms with Crippen molar-refractivity contribution in [2.75, 3.05) is 5.32 Å². The van der Waals surface area contributed by atoms with Gasteiger partial charge in [-0.05, 0) is 71.8 Å². The van der Waals surface area contributed by atoms with Crippen LogP contribution in [0.4, 0.5) is 10.1 Å². The zero-order valence-corrected chi connectivity index (χ0v) is 16.0. The second-order valence-corrected chi connectivity index (χ2v) is 7.35. The topological polar surface area (TPSA) is 72.7 Å². The third-order valence-corrected chi connectivity index (χ3v) is 5.41. The number of thiophene rings is 1. The van der Waals surface area contributed by atoms with Gasteiger partial charge in [0.05, 0.1) is 10.6 Å². The number of halogens is 1. The van der Waals surface area contributed by atoms with Gasteiger partial charge < -0.3 is 5.32 Å². The van der Waals surface area contributed by atoms with Gasteiger partial charge in [-0.2, -0.15) is 4.68 Å². The molecule has 2 aromatic carbocycles. The van der Waals surface area contributed by atoms with Crippen LogP contribution in [0.25, 0.3) is 16.1 Å². The minimum atomic E-state index is -0.286. The summed E-state index contributed by atoms with van der Waals surface area (Å²) in [4.78, 5) is 14.1. The van der Waals surface area contributed by atoms with Crippen molar-refractivity contribution < 1.29 is 9.18 Å². The molecular weight excluding hydrogens is 377 g/mol. The van der Waals surface area contributed by atoms with E-state index in [9.17, 15) is 9.18 Å². The summed E-state index contributed by atoms with van der Waals surface area (Å²) in [7, 11) is 0. The normalized spacial score (nSPS) is 10.8. The summed E-state index contributed by atoms with van der Waals surface area (Å²) in [5, 5.41) is 14.5. The maximum absolute atomic E-state index is 13.1. The second kappa shape index (κ2) is 7.32. The van der Waals surface area contributed by atoms with E-state index in [1.807, 2.05) is 38.1 Å². The number of hydrogen-bond donors (Lipinski definition) is 1. The first-order chi connectivity index (χ1) is 13.5. The molecule has 0 saturated heterocycles. The Kier molecular flexibility index (Phi) is 4.70. The van der Waals surface area contributed by atoms with E-state index in [0.29, 0.717) is 16.4 Å². The van der Waals surface area contributed by atoms with Crippen molar-refractivity contribution in [3.05, 3.63) is 76.7 Å². The molecule has 0 radical (unpaired) electrons. The van der Waals surface area contributed by atoms with Gasteiger partial charge in [0, 0.05) is 10.6 Å². The van der Waals surface area contributed by atoms with Crippen molar-refractivity contribution in [3.63, 3.8) is 0 Å². The number of tetrazole rings is 1. The Labute approximate surface area is 164 Å². The van der Waals surface area contributed by atoms with Crippen molar-refractivity contribution in [3.8, 4) is 16.1 Å². The molecule has 0 aliphatic carbocycles. The first-order valence-electron chi connectivity index (χ1n) is 8.54. The highest BCUT2D eigenvalue weighted by atomic mass is 32.1. The fourth-order valence-corrected chi connectivity index (χ4v) is 3.70. The predicted molar refractivity (Wildman–Crippen MR) is 106 cm³/mol. The quantitative estimate of drug-likeness (QED) is 0.558. The van der Waals surface area contributed by atoms with Gasteiger partial charge in [-0.15, -0.1) is 16.4 Å². The molecule has 0 atom stereocenters. The van der Waals surface area contributed by atoms with E-state index < -0.39 is 0 Å². The molecule has 140 valence electrons. The van der Waals surface area contributed by atoms with Crippen LogP contribution in [0.1, 0.15) is 21.1 Å². The number of anilines is 1. The number of carbonyl (C=O) groups excluding carboxylic acids is 1. The van der Waals surface area contributed by atoms with Crippen LogP contribution in [-0.2, 0) is 0 Å². The molecule has 0 aliphatic heterocycles. The Hall–Kier alpha value is -3.39. The zero-order valence-electron chi connectivity index (χ0n) is 15.2. The van der Waals surface area contributed by atoms with E-state index in [-0.39, 0.29) is 11.7 Å². The summed E-state index contributed by atoms with van der Waals surface area (Å²) in [6, 6.07) is 15.4. The minimum absolute atomic E-state index is 0.207. The minimum Gasteiger partial charge on any atom is -0.321 e. The summed E-state index contributed by atoms with van der Waals surface area (Å²) < 4.78 is 14.7. The lowest BCUT2D eigenvalue weighted by Crippen LogP contribution is -2.11. The Balaban J connectivity index is 1.56. The maximum Gasteiger partial charge on any atom is 0.265 e. The van der Waals surface area contributed by atoms with Crippen molar-refractivity contribution in [1.82, 2.24) is 20.2 Å². The molecule has 0 fully saturated rings. The van der Waals surface area contributed by atoms with Crippen LogP contribution in [0.3, 0.4) is 0 Å². The van der Waals surface area contributed by atoms with Gasteiger partial charge in [-0.1, -0.05) is 18.2 Å². The third kappa shape index (κ3) is 3.54. The van der Waals surface area contributed by atoms with Crippen LogP contribution < -0.4 is 5.32 Å². The highest BCUT2D eigenvalue weighted by Gasteiger charge is 2.13. The van der Waals surface area contributed by atoms with Gasteiger partial charge in [-0.3, -0.25) is 4.79 Å². The Morgan fingerprint density at radius 2 is 1.86 bits per heavy atom. The van der Waals surface area contributed by atoms with Crippen molar-refractivity contribution in [2.24, 2.45) is 0 Å². The smallest absolute Gasteiger partial charge is 0.265 e. The highest BCUT2D eigenvalue weighted by molar-refractivity contribution is 7.17. The number of aryl methyl sites for hydroxylation is 2. The number of hydrogen-bond acceptors (Lipinski definition) is 5. The molecule has 0 spiro atoms. The first-order valence-corrected chi connectivity index (χ1v) is 9.36. The Morgan fingerprint density at radius 3 is 2.57 bits per heavy atom. The second-order valence-electron chi connectivity index (χ2n) is 6.26. The molecule has 28 heavy (non-hydrogen) atoms. The number of nitrogens with one attached hydrogen (secondary N) is 1. The largest absolute Gasteiger partial charge is 0.321 e. The standard InChI is InChI=1S/C20H16FN5OS/c1-12-3-8-16(11-17(12)26-13(2)23-24-25-26)22-20(27)19-10-9-18(28-19)14-4-6-15(21)7-5-14/h3-11H,1-2H3,(H,22,27). The molecular formula is C20H16FN5OS. The van der Waals surface area contributed by atoms with Gasteiger partial charge in [0.2, 0.25) is 0 Å². The van der Waals surface area contributed by atoms with Gasteiger partial charge in [0.25, 0.3) is 5.91 Å². The lowest BCUT2D eigenvalue weighted by molar-refractivity contribution is 0.103. The number of carbonyl (C=O) groups is 1. The van der Waals surface area contributed by atoms with Gasteiger partial charge in [0.15, 0.2) is 5.82 Å². The summed E-state index contributed by atoms with van der Waals surface area (Å²) in [6.45, 7) is 3.77. The molecule has 0 bridgehead atoms. The van der Waals surface area contributed by atoms with Crippen molar-refractivity contribution in [1.29, 1.82) is 0 Å². The Bertz CT molecular complexity index is 1150. The van der Waals surface area contributed by atoms with E-state index in [4.69, 9.17) is 0 Å². The van der Waals surface area contributed by atoms with Gasteiger partial charge in [-0.25, -0.2) is 4.39 Å². The maximum atomic E-state index is 13.1. The van der Waals surface area contributed by atoms with E-state index in [2.05, 4.69) is 20.8 Å². The molecule has 0 aliphatic rings. The number of aromatic nitrogens is 4. The molecule has 0 saturated carbocycles. The monoisotopic (exact) mass is 393 g/mol. The van der Waals surface area contributed by atoms with Crippen LogP contribution in [-0.4, -0.2) is 26.1 Å². The fraction of sp³-hybridized carbons (Fsp3) is 0.100. The van der Waals surface area contributed by atoms with E-state index >= 15 is 0 Å². The predicted octanol–water partition coefficient (Wildman–Crippen LogP) is 4.40. The van der Waals surface area contributed by atoms with E-state index in [0.717, 1.165) is 21.7 Å². The molecule has 1 amide bonds. The SMILES string of the molecule is Cc1ccc(NC(=O)c2ccc(-c3ccc(F)cc3)s2)cc1-n1nnnc1C. The van der Waals surface area contributed by atoms with E-state index in [1.165, 1.54) is 23.5 Å². The molecule has 2 heterocycles. The lowest BCUT2D eigenvalue weighted by atomic mass is 10.1. The highest BCUT2D eigenvalue weighted by Crippen LogP contribution is 2.29. The van der Waals surface area contributed by atoms with Crippen LogP contribution in [0.5, 0.6) is 0 Å². The molecule has 8 heteroatoms. The summed E-state index contributed by atoms with van der Waals surface area (Å²) >= 11 is 1.35. The first kappa shape index (κ1) is 18.0. The van der Waals surface area contributed by atoms with E-state index in [1.54, 1.807) is 22.9 Å². The molecule has 0 unspecified atom stereocenters. The molecule has 4 aromatic rings. The number of benzene rings is 2. The molecule has 4 rings (SSSR count). The summed E-state index contributed by atoms with van der Waals surface area (Å²) in [6.07, 6.45) is 0. The molecule has 6 nitrogen and oxygen atoms in total. The fourth-order valence-electron chi connectivity index (χ4n) is 2.79. The number of amides is 1. The van der Waals surface area contributed by atoms with Crippen LogP contribution in [0, 0.1) is 19.7 Å². The van der Waals surface area contributed by atoms with Crippen molar-refractivity contribution >= 4 is 22.9 Å². The number of nitrogens with zero attached hydrogens (tertiary/aromatic N) is 4. The average Bonchev–Trinajstić information content (AvgIpc) is 3.33. The lowest BCUT2D eigenvalue weighted by Gasteiger charge is -2.10. The molecule has 1 N–H and O–H groups in total. The number of rotatable bonds is 4. The average molecular weight is 393 g/mol. The van der Waals surface area contributed by atoms with Crippen LogP contribution >= 0.6 is 11.3 Å². The zero-order chi connectivity index (χ0) is 19.7. The third-order valence-electron chi connectivity index (χ3n) is 4.28. The van der Waals surface area contributed by atoms with Crippen LogP contribution in [0.15, 0.2) is 54.6 Å². The molecule has 2 aromatic heterocycles. The van der Waals surface area contributed by atoms with Crippen molar-refractivity contribution in [2.45, 2.75) is 13.8 Å². The summed E-state index contributed by atoms with van der Waals surface area (Å²) in [5.41, 5.74) is 3.32. The van der Waals surface area contributed by atoms with Gasteiger partial charge in [0.1, 0.15) is 5.82 Å².